The Labute approximate surface area is 145 Å². The van der Waals surface area contributed by atoms with E-state index in [0.29, 0.717) is 5.82 Å². The molecule has 0 saturated heterocycles. The molecule has 122 valence electrons. The molecule has 0 atom stereocenters. The molecule has 0 fully saturated rings. The molecule has 25 heavy (non-hydrogen) atoms. The smallest absolute Gasteiger partial charge is 0.146 e. The zero-order valence-electron chi connectivity index (χ0n) is 13.8. The Balaban J connectivity index is 1.66. The fraction of sp³-hybridized carbons (Fsp3) is 0.0476. The number of methoxy groups -OCH3 is 1. The van der Waals surface area contributed by atoms with E-state index in [9.17, 15) is 0 Å². The number of hydrogen-bond acceptors (Lipinski definition) is 4. The Bertz CT molecular complexity index is 1070. The van der Waals surface area contributed by atoms with Gasteiger partial charge in [-0.15, -0.1) is 0 Å². The topological polar surface area (TPSA) is 46.5 Å². The second-order valence-electron chi connectivity index (χ2n) is 5.66. The van der Waals surface area contributed by atoms with Crippen molar-refractivity contribution in [3.05, 3.63) is 78.4 Å². The summed E-state index contributed by atoms with van der Waals surface area (Å²) in [5, 5.41) is 7.71. The Hall–Kier alpha value is -3.40. The minimum atomic E-state index is 0.703. The predicted octanol–water partition coefficient (Wildman–Crippen LogP) is 4.84. The maximum Gasteiger partial charge on any atom is 0.146 e. The van der Waals surface area contributed by atoms with E-state index in [4.69, 9.17) is 4.74 Å². The first-order chi connectivity index (χ1) is 12.3. The average molecular weight is 327 g/mol. The zero-order chi connectivity index (χ0) is 17.1. The normalized spacial score (nSPS) is 11.2. The molecule has 0 aliphatic carbocycles. The third kappa shape index (κ3) is 3.02. The van der Waals surface area contributed by atoms with Crippen LogP contribution in [-0.2, 0) is 0 Å². The predicted molar refractivity (Wildman–Crippen MR) is 103 cm³/mol. The van der Waals surface area contributed by atoms with Crippen molar-refractivity contribution in [2.24, 2.45) is 5.10 Å². The fourth-order valence-electron chi connectivity index (χ4n) is 2.88. The van der Waals surface area contributed by atoms with E-state index >= 15 is 0 Å². The summed E-state index contributed by atoms with van der Waals surface area (Å²) in [5.41, 5.74) is 4.88. The number of benzene rings is 3. The van der Waals surface area contributed by atoms with E-state index in [1.807, 2.05) is 60.7 Å². The summed E-state index contributed by atoms with van der Waals surface area (Å²) in [7, 11) is 1.67. The van der Waals surface area contributed by atoms with Gasteiger partial charge in [0.15, 0.2) is 0 Å². The molecule has 0 unspecified atom stereocenters. The molecule has 1 N–H and O–H groups in total. The first kappa shape index (κ1) is 15.1. The molecule has 4 aromatic rings. The Morgan fingerprint density at radius 1 is 0.880 bits per heavy atom. The number of anilines is 1. The minimum absolute atomic E-state index is 0.703. The summed E-state index contributed by atoms with van der Waals surface area (Å²) in [6, 6.07) is 24.1. The van der Waals surface area contributed by atoms with Crippen molar-refractivity contribution in [1.29, 1.82) is 0 Å². The molecule has 4 heteroatoms. The Morgan fingerprint density at radius 3 is 2.52 bits per heavy atom. The molecule has 0 aliphatic heterocycles. The van der Waals surface area contributed by atoms with Crippen LogP contribution in [-0.4, -0.2) is 18.3 Å². The standard InChI is InChI=1S/C21H17N3O/c1-25-20-12-10-15-6-2-4-8-17(15)18(20)14-22-24-21-13-11-16-7-3-5-9-19(16)23-21/h2-14H,1H3,(H,23,24)/b22-14+. The van der Waals surface area contributed by atoms with E-state index in [-0.39, 0.29) is 0 Å². The summed E-state index contributed by atoms with van der Waals surface area (Å²) < 4.78 is 5.48. The number of nitrogens with one attached hydrogen (secondary N) is 1. The minimum Gasteiger partial charge on any atom is -0.496 e. The number of pyridine rings is 1. The van der Waals surface area contributed by atoms with Crippen LogP contribution in [0.15, 0.2) is 77.9 Å². The lowest BCUT2D eigenvalue weighted by atomic mass is 10.0. The molecule has 4 nitrogen and oxygen atoms in total. The lowest BCUT2D eigenvalue weighted by Crippen LogP contribution is -1.96. The van der Waals surface area contributed by atoms with Crippen molar-refractivity contribution >= 4 is 33.7 Å². The Morgan fingerprint density at radius 2 is 1.64 bits per heavy atom. The van der Waals surface area contributed by atoms with Crippen molar-refractivity contribution < 1.29 is 4.74 Å². The average Bonchev–Trinajstić information content (AvgIpc) is 2.68. The zero-order valence-corrected chi connectivity index (χ0v) is 13.8. The molecule has 0 saturated carbocycles. The van der Waals surface area contributed by atoms with Gasteiger partial charge >= 0.3 is 0 Å². The molecule has 1 heterocycles. The van der Waals surface area contributed by atoms with Crippen molar-refractivity contribution in [3.8, 4) is 5.75 Å². The van der Waals surface area contributed by atoms with Gasteiger partial charge < -0.3 is 4.74 Å². The van der Waals surface area contributed by atoms with Gasteiger partial charge in [-0.05, 0) is 35.0 Å². The molecule has 0 spiro atoms. The largest absolute Gasteiger partial charge is 0.496 e. The molecular formula is C21H17N3O. The lowest BCUT2D eigenvalue weighted by Gasteiger charge is -2.08. The molecule has 1 aromatic heterocycles. The molecule has 4 rings (SSSR count). The number of para-hydroxylation sites is 1. The number of ether oxygens (including phenoxy) is 1. The van der Waals surface area contributed by atoms with Crippen molar-refractivity contribution in [2.45, 2.75) is 0 Å². The van der Waals surface area contributed by atoms with Gasteiger partial charge in [0, 0.05) is 10.9 Å². The highest BCUT2D eigenvalue weighted by molar-refractivity contribution is 6.02. The lowest BCUT2D eigenvalue weighted by molar-refractivity contribution is 0.415. The van der Waals surface area contributed by atoms with Gasteiger partial charge in [-0.1, -0.05) is 48.5 Å². The van der Waals surface area contributed by atoms with Gasteiger partial charge in [0.2, 0.25) is 0 Å². The van der Waals surface area contributed by atoms with Crippen molar-refractivity contribution in [3.63, 3.8) is 0 Å². The maximum atomic E-state index is 5.48. The van der Waals surface area contributed by atoms with E-state index in [1.54, 1.807) is 13.3 Å². The van der Waals surface area contributed by atoms with E-state index in [2.05, 4.69) is 27.6 Å². The summed E-state index contributed by atoms with van der Waals surface area (Å²) in [6.07, 6.45) is 1.78. The van der Waals surface area contributed by atoms with E-state index in [1.165, 1.54) is 0 Å². The number of hydrogen-bond donors (Lipinski definition) is 1. The molecule has 3 aromatic carbocycles. The molecule has 0 amide bonds. The van der Waals surface area contributed by atoms with Crippen LogP contribution in [0, 0.1) is 0 Å². The fourth-order valence-corrected chi connectivity index (χ4v) is 2.88. The van der Waals surface area contributed by atoms with Crippen molar-refractivity contribution in [1.82, 2.24) is 4.98 Å². The molecule has 0 radical (unpaired) electrons. The third-order valence-electron chi connectivity index (χ3n) is 4.12. The number of fused-ring (bicyclic) bond motifs is 2. The van der Waals surface area contributed by atoms with Gasteiger partial charge in [0.25, 0.3) is 0 Å². The summed E-state index contributed by atoms with van der Waals surface area (Å²) in [6.45, 7) is 0. The van der Waals surface area contributed by atoms with Crippen LogP contribution in [0.3, 0.4) is 0 Å². The molecule has 0 bridgehead atoms. The summed E-state index contributed by atoms with van der Waals surface area (Å²) in [5.74, 6) is 1.49. The van der Waals surface area contributed by atoms with E-state index in [0.717, 1.165) is 33.0 Å². The molecule has 0 aliphatic rings. The number of hydrazone groups is 1. The van der Waals surface area contributed by atoms with Gasteiger partial charge in [-0.25, -0.2) is 4.98 Å². The van der Waals surface area contributed by atoms with Crippen LogP contribution in [0.2, 0.25) is 0 Å². The van der Waals surface area contributed by atoms with Crippen LogP contribution < -0.4 is 10.2 Å². The Kier molecular flexibility index (Phi) is 4.01. The summed E-state index contributed by atoms with van der Waals surface area (Å²) >= 11 is 0. The second-order valence-corrected chi connectivity index (χ2v) is 5.66. The second kappa shape index (κ2) is 6.61. The highest BCUT2D eigenvalue weighted by atomic mass is 16.5. The highest BCUT2D eigenvalue weighted by Crippen LogP contribution is 2.26. The van der Waals surface area contributed by atoms with Crippen LogP contribution >= 0.6 is 0 Å². The SMILES string of the molecule is COc1ccc2ccccc2c1/C=N/Nc1ccc2ccccc2n1. The first-order valence-electron chi connectivity index (χ1n) is 8.06. The van der Waals surface area contributed by atoms with Crippen LogP contribution in [0.5, 0.6) is 5.75 Å². The number of rotatable bonds is 4. The third-order valence-corrected chi connectivity index (χ3v) is 4.12. The van der Waals surface area contributed by atoms with Crippen LogP contribution in [0.1, 0.15) is 5.56 Å². The maximum absolute atomic E-state index is 5.48. The van der Waals surface area contributed by atoms with E-state index < -0.39 is 0 Å². The number of aromatic nitrogens is 1. The first-order valence-corrected chi connectivity index (χ1v) is 8.06. The summed E-state index contributed by atoms with van der Waals surface area (Å²) in [4.78, 5) is 4.56. The quantitative estimate of drug-likeness (QED) is 0.431. The molecular weight excluding hydrogens is 310 g/mol. The van der Waals surface area contributed by atoms with Gasteiger partial charge in [-0.3, -0.25) is 5.43 Å². The van der Waals surface area contributed by atoms with Gasteiger partial charge in [-0.2, -0.15) is 5.10 Å². The highest BCUT2D eigenvalue weighted by Gasteiger charge is 2.05. The monoisotopic (exact) mass is 327 g/mol. The van der Waals surface area contributed by atoms with Crippen LogP contribution in [0.4, 0.5) is 5.82 Å². The van der Waals surface area contributed by atoms with Gasteiger partial charge in [0.05, 0.1) is 18.8 Å². The van der Waals surface area contributed by atoms with Crippen molar-refractivity contribution in [2.75, 3.05) is 12.5 Å². The van der Waals surface area contributed by atoms with Crippen LogP contribution in [0.25, 0.3) is 21.7 Å². The number of nitrogens with zero attached hydrogens (tertiary/aromatic N) is 2. The van der Waals surface area contributed by atoms with Gasteiger partial charge in [0.1, 0.15) is 11.6 Å².